The van der Waals surface area contributed by atoms with Crippen LogP contribution in [0, 0.1) is 0 Å². The number of halogens is 3. The molecule has 0 heterocycles. The van der Waals surface area contributed by atoms with Gasteiger partial charge in [-0.15, -0.1) is 0 Å². The highest BCUT2D eigenvalue weighted by Gasteiger charge is 2.25. The van der Waals surface area contributed by atoms with Crippen LogP contribution in [-0.2, 0) is 0 Å². The molecule has 0 aromatic heterocycles. The van der Waals surface area contributed by atoms with Crippen molar-refractivity contribution >= 4 is 15.9 Å². The molecule has 1 rings (SSSR count). The van der Waals surface area contributed by atoms with Crippen LogP contribution in [0.15, 0.2) is 30.3 Å². The van der Waals surface area contributed by atoms with E-state index in [9.17, 15) is 8.78 Å². The first-order chi connectivity index (χ1) is 5.08. The summed E-state index contributed by atoms with van der Waals surface area (Å²) in [5, 5.41) is -3.28. The smallest absolute Gasteiger partial charge is 0.424 e. The topological polar surface area (TPSA) is 9.23 Å². The van der Waals surface area contributed by atoms with Crippen molar-refractivity contribution in [1.29, 1.82) is 0 Å². The third kappa shape index (κ3) is 3.32. The number of ether oxygens (including phenoxy) is 1. The summed E-state index contributed by atoms with van der Waals surface area (Å²) in [7, 11) is 0. The van der Waals surface area contributed by atoms with Crippen LogP contribution in [0.4, 0.5) is 8.78 Å². The largest absolute Gasteiger partial charge is 0.459 e. The molecule has 1 nitrogen and oxygen atoms in total. The zero-order chi connectivity index (χ0) is 8.32. The van der Waals surface area contributed by atoms with Gasteiger partial charge in [-0.1, -0.05) is 18.2 Å². The minimum Gasteiger partial charge on any atom is -0.424 e. The third-order valence-corrected chi connectivity index (χ3v) is 1.14. The highest BCUT2D eigenvalue weighted by Crippen LogP contribution is 2.25. The van der Waals surface area contributed by atoms with Gasteiger partial charge in [0.2, 0.25) is 0 Å². The van der Waals surface area contributed by atoms with Crippen molar-refractivity contribution in [3.8, 4) is 5.75 Å². The first-order valence-corrected chi connectivity index (χ1v) is 3.68. The van der Waals surface area contributed by atoms with E-state index in [0.29, 0.717) is 0 Å². The van der Waals surface area contributed by atoms with Gasteiger partial charge >= 0.3 is 5.02 Å². The molecule has 0 aliphatic heterocycles. The second kappa shape index (κ2) is 3.17. The Labute approximate surface area is 71.1 Å². The van der Waals surface area contributed by atoms with E-state index in [1.54, 1.807) is 18.2 Å². The number of rotatable bonds is 2. The number of para-hydroxylation sites is 1. The molecule has 0 atom stereocenters. The number of alkyl halides is 3. The SMILES string of the molecule is FC(F)(Br)Oc1ccccc1. The van der Waals surface area contributed by atoms with Crippen LogP contribution in [0.5, 0.6) is 5.75 Å². The van der Waals surface area contributed by atoms with Crippen molar-refractivity contribution in [2.45, 2.75) is 5.02 Å². The molecule has 0 saturated heterocycles. The fourth-order valence-corrected chi connectivity index (χ4v) is 0.809. The zero-order valence-electron chi connectivity index (χ0n) is 5.43. The average Bonchev–Trinajstić information content (AvgIpc) is 1.85. The van der Waals surface area contributed by atoms with Crippen molar-refractivity contribution in [3.05, 3.63) is 30.3 Å². The summed E-state index contributed by atoms with van der Waals surface area (Å²) < 4.78 is 28.4. The molecule has 0 radical (unpaired) electrons. The Balaban J connectivity index is 2.66. The molecule has 4 heteroatoms. The lowest BCUT2D eigenvalue weighted by atomic mass is 10.3. The lowest BCUT2D eigenvalue weighted by Crippen LogP contribution is -2.14. The molecule has 1 aromatic rings. The Hall–Kier alpha value is -0.640. The summed E-state index contributed by atoms with van der Waals surface area (Å²) in [4.78, 5) is 0. The Kier molecular flexibility index (Phi) is 2.44. The van der Waals surface area contributed by atoms with Crippen LogP contribution in [-0.4, -0.2) is 5.02 Å². The van der Waals surface area contributed by atoms with Gasteiger partial charge in [-0.05, 0) is 12.1 Å². The van der Waals surface area contributed by atoms with Gasteiger partial charge in [-0.2, -0.15) is 8.78 Å². The Morgan fingerprint density at radius 2 is 1.73 bits per heavy atom. The van der Waals surface area contributed by atoms with E-state index in [1.165, 1.54) is 12.1 Å². The van der Waals surface area contributed by atoms with E-state index >= 15 is 0 Å². The normalized spacial score (nSPS) is 11.2. The summed E-state index contributed by atoms with van der Waals surface area (Å²) in [6.45, 7) is 0. The van der Waals surface area contributed by atoms with Crippen LogP contribution in [0.3, 0.4) is 0 Å². The lowest BCUT2D eigenvalue weighted by molar-refractivity contribution is -0.0802. The summed E-state index contributed by atoms with van der Waals surface area (Å²) in [6.07, 6.45) is 0. The van der Waals surface area contributed by atoms with E-state index in [2.05, 4.69) is 20.7 Å². The molecular formula is C7H5BrF2O. The van der Waals surface area contributed by atoms with E-state index < -0.39 is 5.02 Å². The predicted octanol–water partition coefficient (Wildman–Crippen LogP) is 3.01. The minimum absolute atomic E-state index is 0.134. The summed E-state index contributed by atoms with van der Waals surface area (Å²) >= 11 is 2.06. The van der Waals surface area contributed by atoms with E-state index in [0.717, 1.165) is 0 Å². The van der Waals surface area contributed by atoms with Gasteiger partial charge in [0.25, 0.3) is 0 Å². The summed E-state index contributed by atoms with van der Waals surface area (Å²) in [6, 6.07) is 7.87. The third-order valence-electron chi connectivity index (χ3n) is 0.977. The molecule has 0 fully saturated rings. The van der Waals surface area contributed by atoms with Crippen molar-refractivity contribution in [3.63, 3.8) is 0 Å². The zero-order valence-corrected chi connectivity index (χ0v) is 7.01. The van der Waals surface area contributed by atoms with Gasteiger partial charge in [-0.25, -0.2) is 0 Å². The van der Waals surface area contributed by atoms with Gasteiger partial charge < -0.3 is 4.74 Å². The molecule has 0 spiro atoms. The molecule has 0 aliphatic carbocycles. The Morgan fingerprint density at radius 3 is 2.18 bits per heavy atom. The van der Waals surface area contributed by atoms with Gasteiger partial charge in [0.1, 0.15) is 5.75 Å². The maximum atomic E-state index is 12.1. The lowest BCUT2D eigenvalue weighted by Gasteiger charge is -2.09. The standard InChI is InChI=1S/C7H5BrF2O/c8-7(9,10)11-6-4-2-1-3-5-6/h1-5H. The van der Waals surface area contributed by atoms with E-state index in [4.69, 9.17) is 0 Å². The van der Waals surface area contributed by atoms with E-state index in [-0.39, 0.29) is 5.75 Å². The van der Waals surface area contributed by atoms with Crippen LogP contribution >= 0.6 is 15.9 Å². The van der Waals surface area contributed by atoms with Crippen molar-refractivity contribution < 1.29 is 13.5 Å². The molecule has 11 heavy (non-hydrogen) atoms. The summed E-state index contributed by atoms with van der Waals surface area (Å²) in [5.41, 5.74) is 0. The van der Waals surface area contributed by atoms with Gasteiger partial charge in [0, 0.05) is 15.9 Å². The van der Waals surface area contributed by atoms with E-state index in [1.807, 2.05) is 0 Å². The second-order valence-electron chi connectivity index (χ2n) is 1.86. The minimum atomic E-state index is -3.28. The molecule has 60 valence electrons. The maximum absolute atomic E-state index is 12.1. The molecule has 0 aliphatic rings. The maximum Gasteiger partial charge on any atom is 0.459 e. The fraction of sp³-hybridized carbons (Fsp3) is 0.143. The van der Waals surface area contributed by atoms with Crippen molar-refractivity contribution in [2.24, 2.45) is 0 Å². The molecule has 0 bridgehead atoms. The number of hydrogen-bond acceptors (Lipinski definition) is 1. The van der Waals surface area contributed by atoms with Gasteiger partial charge in [-0.3, -0.25) is 0 Å². The fourth-order valence-electron chi connectivity index (χ4n) is 0.622. The molecule has 1 aromatic carbocycles. The van der Waals surface area contributed by atoms with Crippen molar-refractivity contribution in [1.82, 2.24) is 0 Å². The highest BCUT2D eigenvalue weighted by atomic mass is 79.9. The first kappa shape index (κ1) is 8.46. The summed E-state index contributed by atoms with van der Waals surface area (Å²) in [5.74, 6) is 0.134. The quantitative estimate of drug-likeness (QED) is 0.700. The molecule has 0 unspecified atom stereocenters. The van der Waals surface area contributed by atoms with Crippen LogP contribution in [0.1, 0.15) is 0 Å². The first-order valence-electron chi connectivity index (χ1n) is 2.89. The van der Waals surface area contributed by atoms with Gasteiger partial charge in [0.05, 0.1) is 0 Å². The predicted molar refractivity (Wildman–Crippen MR) is 40.9 cm³/mol. The highest BCUT2D eigenvalue weighted by molar-refractivity contribution is 9.09. The average molecular weight is 223 g/mol. The number of hydrogen-bond donors (Lipinski definition) is 0. The van der Waals surface area contributed by atoms with Crippen LogP contribution in [0.25, 0.3) is 0 Å². The van der Waals surface area contributed by atoms with Crippen LogP contribution < -0.4 is 4.74 Å². The second-order valence-corrected chi connectivity index (χ2v) is 2.78. The Morgan fingerprint density at radius 1 is 1.18 bits per heavy atom. The van der Waals surface area contributed by atoms with Gasteiger partial charge in [0.15, 0.2) is 0 Å². The van der Waals surface area contributed by atoms with Crippen molar-refractivity contribution in [2.75, 3.05) is 0 Å². The molecule has 0 N–H and O–H groups in total. The monoisotopic (exact) mass is 222 g/mol. The molecule has 0 amide bonds. The number of benzene rings is 1. The Bertz CT molecular complexity index is 220. The molecular weight excluding hydrogens is 218 g/mol. The van der Waals surface area contributed by atoms with Crippen LogP contribution in [0.2, 0.25) is 0 Å². The molecule has 0 saturated carbocycles.